The van der Waals surface area contributed by atoms with E-state index in [9.17, 15) is 10.1 Å². The fourth-order valence-corrected chi connectivity index (χ4v) is 4.13. The highest BCUT2D eigenvalue weighted by molar-refractivity contribution is 5.95. The molecule has 1 aromatic heterocycles. The average molecular weight is 443 g/mol. The molecular weight excluding hydrogens is 416 g/mol. The second kappa shape index (κ2) is 10.1. The number of carbonyl (C=O) groups excluding carboxylic acids is 1. The normalized spacial score (nSPS) is 13.4. The van der Waals surface area contributed by atoms with Crippen LogP contribution in [0.4, 0.5) is 0 Å². The summed E-state index contributed by atoms with van der Waals surface area (Å²) in [5.41, 5.74) is 3.41. The van der Waals surface area contributed by atoms with E-state index in [-0.39, 0.29) is 11.9 Å². The van der Waals surface area contributed by atoms with E-state index in [1.54, 1.807) is 37.6 Å². The highest BCUT2D eigenvalue weighted by Gasteiger charge is 2.19. The number of benzene rings is 2. The predicted molar refractivity (Wildman–Crippen MR) is 124 cm³/mol. The number of hydrogen-bond donors (Lipinski definition) is 1. The van der Waals surface area contributed by atoms with Crippen molar-refractivity contribution in [2.45, 2.75) is 38.1 Å². The summed E-state index contributed by atoms with van der Waals surface area (Å²) in [6, 6.07) is 15.1. The lowest BCUT2D eigenvalue weighted by Gasteiger charge is -2.14. The van der Waals surface area contributed by atoms with E-state index in [1.165, 1.54) is 7.11 Å². The summed E-state index contributed by atoms with van der Waals surface area (Å²) in [5, 5.41) is 12.5. The molecule has 1 N–H and O–H groups in total. The summed E-state index contributed by atoms with van der Waals surface area (Å²) in [5.74, 6) is 1.67. The van der Waals surface area contributed by atoms with Crippen LogP contribution in [0, 0.1) is 11.3 Å². The molecule has 0 radical (unpaired) electrons. The first-order valence-electron chi connectivity index (χ1n) is 11.0. The Hall–Kier alpha value is -3.92. The summed E-state index contributed by atoms with van der Waals surface area (Å²) < 4.78 is 10.7. The van der Waals surface area contributed by atoms with Gasteiger partial charge in [-0.1, -0.05) is 12.8 Å². The number of hydrogen-bond acceptors (Lipinski definition) is 6. The van der Waals surface area contributed by atoms with Crippen molar-refractivity contribution in [3.8, 4) is 28.8 Å². The number of aromatic nitrogens is 2. The standard InChI is InChI=1S/C26H26N4O3/c1-32-22-12-17(11-19(15-22)26(31)29-21-5-3-4-6-21)13-25-28-10-9-23(30-25)18-7-8-24(33-2)20(14-18)16-27/h7-12,14-15,21H,3-6,13H2,1-2H3,(H,29,31). The van der Waals surface area contributed by atoms with E-state index < -0.39 is 0 Å². The van der Waals surface area contributed by atoms with Crippen molar-refractivity contribution in [3.63, 3.8) is 0 Å². The smallest absolute Gasteiger partial charge is 0.251 e. The van der Waals surface area contributed by atoms with E-state index >= 15 is 0 Å². The molecule has 0 spiro atoms. The van der Waals surface area contributed by atoms with Gasteiger partial charge in [0, 0.05) is 29.8 Å². The van der Waals surface area contributed by atoms with Crippen LogP contribution in [0.2, 0.25) is 0 Å². The van der Waals surface area contributed by atoms with E-state index in [0.717, 1.165) is 36.8 Å². The Morgan fingerprint density at radius 3 is 2.67 bits per heavy atom. The lowest BCUT2D eigenvalue weighted by molar-refractivity contribution is 0.0937. The zero-order valence-electron chi connectivity index (χ0n) is 18.8. The molecule has 7 nitrogen and oxygen atoms in total. The van der Waals surface area contributed by atoms with Gasteiger partial charge in [0.25, 0.3) is 5.91 Å². The number of ether oxygens (including phenoxy) is 2. The molecule has 0 atom stereocenters. The first kappa shape index (κ1) is 22.3. The molecule has 7 heteroatoms. The van der Waals surface area contributed by atoms with Crippen LogP contribution in [0.25, 0.3) is 11.3 Å². The Morgan fingerprint density at radius 2 is 1.94 bits per heavy atom. The average Bonchev–Trinajstić information content (AvgIpc) is 3.36. The van der Waals surface area contributed by atoms with Gasteiger partial charge in [0.15, 0.2) is 0 Å². The number of nitrogens with zero attached hydrogens (tertiary/aromatic N) is 3. The minimum atomic E-state index is -0.0843. The molecule has 2 aromatic carbocycles. The summed E-state index contributed by atoms with van der Waals surface area (Å²) in [7, 11) is 3.13. The number of carbonyl (C=O) groups is 1. The fourth-order valence-electron chi connectivity index (χ4n) is 4.13. The Morgan fingerprint density at radius 1 is 1.12 bits per heavy atom. The van der Waals surface area contributed by atoms with Gasteiger partial charge in [-0.05, 0) is 60.9 Å². The molecule has 0 saturated heterocycles. The van der Waals surface area contributed by atoms with Crippen LogP contribution in [0.3, 0.4) is 0 Å². The third-order valence-corrected chi connectivity index (χ3v) is 5.84. The van der Waals surface area contributed by atoms with Gasteiger partial charge >= 0.3 is 0 Å². The van der Waals surface area contributed by atoms with Crippen LogP contribution < -0.4 is 14.8 Å². The molecular formula is C26H26N4O3. The Bertz CT molecular complexity index is 1200. The molecule has 1 aliphatic carbocycles. The van der Waals surface area contributed by atoms with E-state index in [2.05, 4.69) is 21.4 Å². The van der Waals surface area contributed by atoms with Gasteiger partial charge in [0.05, 0.1) is 25.5 Å². The molecule has 1 aliphatic rings. The van der Waals surface area contributed by atoms with Crippen molar-refractivity contribution in [1.29, 1.82) is 5.26 Å². The van der Waals surface area contributed by atoms with Crippen LogP contribution in [0.5, 0.6) is 11.5 Å². The second-order valence-electron chi connectivity index (χ2n) is 8.09. The molecule has 3 aromatic rings. The van der Waals surface area contributed by atoms with Crippen LogP contribution in [-0.4, -0.2) is 36.1 Å². The van der Waals surface area contributed by atoms with Gasteiger partial charge in [-0.2, -0.15) is 5.26 Å². The number of rotatable bonds is 7. The highest BCUT2D eigenvalue weighted by atomic mass is 16.5. The zero-order valence-corrected chi connectivity index (χ0v) is 18.8. The summed E-state index contributed by atoms with van der Waals surface area (Å²) >= 11 is 0. The van der Waals surface area contributed by atoms with Crippen LogP contribution in [0.15, 0.2) is 48.7 Å². The molecule has 1 saturated carbocycles. The molecule has 168 valence electrons. The minimum Gasteiger partial charge on any atom is -0.497 e. The second-order valence-corrected chi connectivity index (χ2v) is 8.09. The first-order chi connectivity index (χ1) is 16.1. The summed E-state index contributed by atoms with van der Waals surface area (Å²) in [4.78, 5) is 21.9. The monoisotopic (exact) mass is 442 g/mol. The number of nitriles is 1. The lowest BCUT2D eigenvalue weighted by atomic mass is 10.0. The molecule has 0 unspecified atom stereocenters. The third-order valence-electron chi connectivity index (χ3n) is 5.84. The number of methoxy groups -OCH3 is 2. The van der Waals surface area contributed by atoms with Crippen LogP contribution in [-0.2, 0) is 6.42 Å². The quantitative estimate of drug-likeness (QED) is 0.586. The van der Waals surface area contributed by atoms with Gasteiger partial charge in [0.1, 0.15) is 23.4 Å². The number of amides is 1. The fraction of sp³-hybridized carbons (Fsp3) is 0.308. The molecule has 33 heavy (non-hydrogen) atoms. The van der Waals surface area contributed by atoms with Gasteiger partial charge in [-0.15, -0.1) is 0 Å². The Labute approximate surface area is 193 Å². The minimum absolute atomic E-state index is 0.0843. The van der Waals surface area contributed by atoms with E-state index in [4.69, 9.17) is 9.47 Å². The topological polar surface area (TPSA) is 97.1 Å². The maximum Gasteiger partial charge on any atom is 0.251 e. The van der Waals surface area contributed by atoms with Gasteiger partial charge < -0.3 is 14.8 Å². The van der Waals surface area contributed by atoms with Crippen molar-refractivity contribution >= 4 is 5.91 Å². The maximum atomic E-state index is 12.8. The predicted octanol–water partition coefficient (Wildman–Crippen LogP) is 4.30. The van der Waals surface area contributed by atoms with Crippen LogP contribution in [0.1, 0.15) is 53.0 Å². The van der Waals surface area contributed by atoms with Crippen molar-refractivity contribution in [3.05, 3.63) is 71.2 Å². The number of nitrogens with one attached hydrogen (secondary N) is 1. The van der Waals surface area contributed by atoms with Crippen molar-refractivity contribution in [2.24, 2.45) is 0 Å². The lowest BCUT2D eigenvalue weighted by Crippen LogP contribution is -2.32. The van der Waals surface area contributed by atoms with E-state index in [0.29, 0.717) is 40.6 Å². The van der Waals surface area contributed by atoms with Crippen molar-refractivity contribution in [1.82, 2.24) is 15.3 Å². The van der Waals surface area contributed by atoms with Gasteiger partial charge in [0.2, 0.25) is 0 Å². The molecule has 1 heterocycles. The molecule has 0 aliphatic heterocycles. The molecule has 4 rings (SSSR count). The first-order valence-corrected chi connectivity index (χ1v) is 11.0. The molecule has 1 fully saturated rings. The van der Waals surface area contributed by atoms with Gasteiger partial charge in [-0.25, -0.2) is 9.97 Å². The Kier molecular flexibility index (Phi) is 6.84. The maximum absolute atomic E-state index is 12.8. The SMILES string of the molecule is COc1cc(Cc2nccc(-c3ccc(OC)c(C#N)c3)n2)cc(C(=O)NC2CCCC2)c1. The molecule has 1 amide bonds. The largest absolute Gasteiger partial charge is 0.497 e. The zero-order chi connectivity index (χ0) is 23.2. The molecule has 0 bridgehead atoms. The Balaban J connectivity index is 1.58. The summed E-state index contributed by atoms with van der Waals surface area (Å²) in [6.45, 7) is 0. The van der Waals surface area contributed by atoms with Gasteiger partial charge in [-0.3, -0.25) is 4.79 Å². The van der Waals surface area contributed by atoms with Crippen LogP contribution >= 0.6 is 0 Å². The van der Waals surface area contributed by atoms with Crippen molar-refractivity contribution < 1.29 is 14.3 Å². The van der Waals surface area contributed by atoms with E-state index in [1.807, 2.05) is 18.2 Å². The van der Waals surface area contributed by atoms with Crippen molar-refractivity contribution in [2.75, 3.05) is 14.2 Å². The third kappa shape index (κ3) is 5.29. The summed E-state index contributed by atoms with van der Waals surface area (Å²) in [6.07, 6.45) is 6.51. The highest BCUT2D eigenvalue weighted by Crippen LogP contribution is 2.26.